The molecule has 35 heavy (non-hydrogen) atoms. The predicted molar refractivity (Wildman–Crippen MR) is 131 cm³/mol. The number of hydrogen-bond acceptors (Lipinski definition) is 4. The standard InChI is InChI=1S/C28H35N3O4/c1-28(17-20-8-5-11-31(34)18-20,26(32)29-10-9-19-6-3-2-4-7-19)30-27(33)35-25-23-13-21-12-22(15-23)16-24(25)14-21/h2-8,11,18,21-25H,9-10,12-17H2,1H3,(H,29,32)(H,30,33)/t21?,22?,23?,24?,25?,28-/m0/s1/i18D. The van der Waals surface area contributed by atoms with E-state index < -0.39 is 11.6 Å². The molecule has 7 heteroatoms. The van der Waals surface area contributed by atoms with Gasteiger partial charge < -0.3 is 20.6 Å². The van der Waals surface area contributed by atoms with Crippen molar-refractivity contribution in [3.05, 3.63) is 71.2 Å². The lowest BCUT2D eigenvalue weighted by molar-refractivity contribution is -0.605. The molecule has 0 unspecified atom stereocenters. The van der Waals surface area contributed by atoms with E-state index in [4.69, 9.17) is 6.11 Å². The first-order chi connectivity index (χ1) is 17.3. The van der Waals surface area contributed by atoms with Crippen molar-refractivity contribution >= 4 is 12.0 Å². The van der Waals surface area contributed by atoms with Crippen LogP contribution in [0.25, 0.3) is 0 Å². The molecule has 0 aliphatic heterocycles. The van der Waals surface area contributed by atoms with E-state index in [9.17, 15) is 14.8 Å². The van der Waals surface area contributed by atoms with Gasteiger partial charge in [0.2, 0.25) is 5.91 Å². The van der Waals surface area contributed by atoms with Crippen LogP contribution in [0.1, 0.15) is 51.5 Å². The molecule has 4 aliphatic rings. The summed E-state index contributed by atoms with van der Waals surface area (Å²) < 4.78 is 14.6. The van der Waals surface area contributed by atoms with Crippen LogP contribution in [-0.2, 0) is 22.4 Å². The van der Waals surface area contributed by atoms with Crippen LogP contribution in [-0.4, -0.2) is 30.2 Å². The number of carbonyl (C=O) groups excluding carboxylic acids is 2. The number of nitrogens with zero attached hydrogens (tertiary/aromatic N) is 1. The third-order valence-corrected chi connectivity index (χ3v) is 8.12. The van der Waals surface area contributed by atoms with Gasteiger partial charge >= 0.3 is 6.09 Å². The molecule has 1 atom stereocenters. The number of hydrogen-bond donors (Lipinski definition) is 2. The van der Waals surface area contributed by atoms with Gasteiger partial charge in [0.1, 0.15) is 13.0 Å². The Labute approximate surface area is 208 Å². The lowest BCUT2D eigenvalue weighted by atomic mass is 9.55. The fraction of sp³-hybridized carbons (Fsp3) is 0.536. The van der Waals surface area contributed by atoms with Crippen LogP contribution in [0.3, 0.4) is 0 Å². The number of carbonyl (C=O) groups is 2. The van der Waals surface area contributed by atoms with Crippen LogP contribution in [0.2, 0.25) is 0 Å². The van der Waals surface area contributed by atoms with Crippen molar-refractivity contribution in [3.8, 4) is 0 Å². The van der Waals surface area contributed by atoms with E-state index in [1.54, 1.807) is 19.1 Å². The normalized spacial score (nSPS) is 28.6. The van der Waals surface area contributed by atoms with Crippen molar-refractivity contribution < 1.29 is 20.4 Å². The zero-order chi connectivity index (χ0) is 25.3. The quantitative estimate of drug-likeness (QED) is 0.448. The molecular weight excluding hydrogens is 442 g/mol. The van der Waals surface area contributed by atoms with Crippen molar-refractivity contribution in [1.82, 2.24) is 10.6 Å². The monoisotopic (exact) mass is 478 g/mol. The highest BCUT2D eigenvalue weighted by molar-refractivity contribution is 5.90. The maximum atomic E-state index is 13.4. The predicted octanol–water partition coefficient (Wildman–Crippen LogP) is 3.53. The lowest BCUT2D eigenvalue weighted by Gasteiger charge is -2.53. The number of pyridine rings is 1. The summed E-state index contributed by atoms with van der Waals surface area (Å²) in [5.74, 6) is 1.98. The van der Waals surface area contributed by atoms with E-state index >= 15 is 0 Å². The Morgan fingerprint density at radius 1 is 1.06 bits per heavy atom. The summed E-state index contributed by atoms with van der Waals surface area (Å²) in [4.78, 5) is 26.6. The summed E-state index contributed by atoms with van der Waals surface area (Å²) in [7, 11) is 0. The molecule has 2 amide bonds. The average molecular weight is 479 g/mol. The van der Waals surface area contributed by atoms with Gasteiger partial charge in [-0.15, -0.1) is 0 Å². The first kappa shape index (κ1) is 22.4. The number of ether oxygens (including phenoxy) is 1. The maximum Gasteiger partial charge on any atom is 0.408 e. The average Bonchev–Trinajstić information content (AvgIpc) is 2.84. The Balaban J connectivity index is 1.28. The molecule has 1 heterocycles. The topological polar surface area (TPSA) is 94.4 Å². The van der Waals surface area contributed by atoms with Crippen molar-refractivity contribution in [2.75, 3.05) is 6.54 Å². The molecule has 0 saturated heterocycles. The Kier molecular flexibility index (Phi) is 6.32. The van der Waals surface area contributed by atoms with Crippen molar-refractivity contribution in [1.29, 1.82) is 0 Å². The minimum Gasteiger partial charge on any atom is -0.619 e. The second kappa shape index (κ2) is 9.88. The second-order valence-electron chi connectivity index (χ2n) is 10.9. The van der Waals surface area contributed by atoms with Crippen molar-refractivity contribution in [2.24, 2.45) is 23.7 Å². The second-order valence-corrected chi connectivity index (χ2v) is 10.9. The van der Waals surface area contributed by atoms with Gasteiger partial charge in [-0.05, 0) is 80.8 Å². The van der Waals surface area contributed by atoms with E-state index in [1.807, 2.05) is 30.3 Å². The van der Waals surface area contributed by atoms with Crippen LogP contribution in [0.4, 0.5) is 4.79 Å². The van der Waals surface area contributed by atoms with E-state index in [-0.39, 0.29) is 24.6 Å². The van der Waals surface area contributed by atoms with Gasteiger partial charge in [0.25, 0.3) is 0 Å². The lowest BCUT2D eigenvalue weighted by Crippen LogP contribution is -2.60. The number of nitrogens with one attached hydrogen (secondary N) is 2. The Bertz CT molecular complexity index is 1080. The molecule has 0 radical (unpaired) electrons. The van der Waals surface area contributed by atoms with Gasteiger partial charge in [0.15, 0.2) is 12.4 Å². The molecule has 2 N–H and O–H groups in total. The van der Waals surface area contributed by atoms with Gasteiger partial charge in [-0.25, -0.2) is 4.79 Å². The SMILES string of the molecule is [2H]c1c(C[C@](C)(NC(=O)OC2C3CC4CC(C3)CC2C4)C(=O)NCCc2ccccc2)ccc[n+]1[O-]. The molecule has 6 rings (SSSR count). The van der Waals surface area contributed by atoms with Gasteiger partial charge in [-0.1, -0.05) is 30.3 Å². The fourth-order valence-electron chi connectivity index (χ4n) is 6.72. The Morgan fingerprint density at radius 2 is 1.71 bits per heavy atom. The molecular formula is C28H35N3O4. The Hall–Kier alpha value is -3.09. The smallest absolute Gasteiger partial charge is 0.408 e. The molecule has 7 nitrogen and oxygen atoms in total. The highest BCUT2D eigenvalue weighted by atomic mass is 16.6. The summed E-state index contributed by atoms with van der Waals surface area (Å²) in [5.41, 5.74) is 0.0879. The number of amides is 2. The maximum absolute atomic E-state index is 13.4. The molecule has 4 fully saturated rings. The van der Waals surface area contributed by atoms with Gasteiger partial charge in [0, 0.05) is 24.6 Å². The third-order valence-electron chi connectivity index (χ3n) is 8.12. The number of rotatable bonds is 8. The van der Waals surface area contributed by atoms with E-state index in [1.165, 1.54) is 12.6 Å². The van der Waals surface area contributed by atoms with Crippen molar-refractivity contribution in [3.63, 3.8) is 0 Å². The van der Waals surface area contributed by atoms with Crippen LogP contribution in [0, 0.1) is 28.9 Å². The van der Waals surface area contributed by atoms with Gasteiger partial charge in [0.05, 0.1) is 0 Å². The molecule has 1 aromatic carbocycles. The van der Waals surface area contributed by atoms with Crippen LogP contribution in [0.5, 0.6) is 0 Å². The zero-order valence-electron chi connectivity index (χ0n) is 21.2. The highest BCUT2D eigenvalue weighted by Gasteiger charge is 2.50. The summed E-state index contributed by atoms with van der Waals surface area (Å²) >= 11 is 0. The van der Waals surface area contributed by atoms with Crippen LogP contribution >= 0.6 is 0 Å². The molecule has 4 saturated carbocycles. The zero-order valence-corrected chi connectivity index (χ0v) is 20.2. The van der Waals surface area contributed by atoms with Gasteiger partial charge in [-0.3, -0.25) is 4.79 Å². The summed E-state index contributed by atoms with van der Waals surface area (Å²) in [6, 6.07) is 13.0. The highest BCUT2D eigenvalue weighted by Crippen LogP contribution is 2.54. The van der Waals surface area contributed by atoms with Crippen LogP contribution < -0.4 is 15.4 Å². The largest absolute Gasteiger partial charge is 0.619 e. The summed E-state index contributed by atoms with van der Waals surface area (Å²) in [6.45, 7) is 2.03. The fourth-order valence-corrected chi connectivity index (χ4v) is 6.72. The molecule has 0 spiro atoms. The van der Waals surface area contributed by atoms with Crippen molar-refractivity contribution in [2.45, 2.75) is 63.5 Å². The number of benzene rings is 1. The summed E-state index contributed by atoms with van der Waals surface area (Å²) in [5, 5.41) is 17.7. The summed E-state index contributed by atoms with van der Waals surface area (Å²) in [6.07, 6.45) is 6.76. The number of aromatic nitrogens is 1. The van der Waals surface area contributed by atoms with E-state index in [0.717, 1.165) is 43.1 Å². The molecule has 4 aliphatic carbocycles. The molecule has 4 bridgehead atoms. The van der Waals surface area contributed by atoms with Crippen LogP contribution in [0.15, 0.2) is 54.8 Å². The first-order valence-electron chi connectivity index (χ1n) is 13.3. The molecule has 2 aromatic rings. The molecule has 186 valence electrons. The minimum absolute atomic E-state index is 0.00283. The van der Waals surface area contributed by atoms with Gasteiger partial charge in [-0.2, -0.15) is 4.73 Å². The van der Waals surface area contributed by atoms with E-state index in [2.05, 4.69) is 10.6 Å². The number of alkyl carbamates (subject to hydrolysis) is 1. The minimum atomic E-state index is -1.39. The first-order valence-corrected chi connectivity index (χ1v) is 12.8. The third kappa shape index (κ3) is 5.44. The molecule has 1 aromatic heterocycles. The van der Waals surface area contributed by atoms with E-state index in [0.29, 0.717) is 35.1 Å². The Morgan fingerprint density at radius 3 is 2.40 bits per heavy atom.